The van der Waals surface area contributed by atoms with Crippen LogP contribution in [0.3, 0.4) is 0 Å². The van der Waals surface area contributed by atoms with Crippen molar-refractivity contribution in [3.05, 3.63) is 76.7 Å². The Hall–Kier alpha value is -4.64. The Balaban J connectivity index is 1.08. The summed E-state index contributed by atoms with van der Waals surface area (Å²) in [4.78, 5) is 39.0. The number of halogens is 1. The monoisotopic (exact) mass is 635 g/mol. The Kier molecular flexibility index (Phi) is 7.12. The fraction of sp³-hybridized carbons (Fsp3) is 0.417. The van der Waals surface area contributed by atoms with Gasteiger partial charge in [0.15, 0.2) is 5.67 Å². The lowest BCUT2D eigenvalue weighted by Gasteiger charge is -2.27. The Bertz CT molecular complexity index is 1870. The molecule has 4 aliphatic rings. The molecule has 4 atom stereocenters. The first-order chi connectivity index (χ1) is 22.6. The molecule has 3 fully saturated rings. The van der Waals surface area contributed by atoms with Crippen molar-refractivity contribution in [1.82, 2.24) is 25.5 Å². The van der Waals surface area contributed by atoms with Gasteiger partial charge >= 0.3 is 0 Å². The summed E-state index contributed by atoms with van der Waals surface area (Å²) in [5.74, 6) is -0.719. The predicted molar refractivity (Wildman–Crippen MR) is 176 cm³/mol. The number of rotatable bonds is 8. The van der Waals surface area contributed by atoms with E-state index < -0.39 is 17.6 Å². The van der Waals surface area contributed by atoms with Crippen molar-refractivity contribution >= 4 is 23.5 Å². The summed E-state index contributed by atoms with van der Waals surface area (Å²) in [6, 6.07) is 15.1. The number of carbonyl (C=O) groups is 2. The fourth-order valence-corrected chi connectivity index (χ4v) is 7.49. The molecule has 2 aliphatic heterocycles. The van der Waals surface area contributed by atoms with Crippen LogP contribution in [-0.4, -0.2) is 69.0 Å². The van der Waals surface area contributed by atoms with Crippen molar-refractivity contribution in [1.29, 1.82) is 0 Å². The zero-order valence-electron chi connectivity index (χ0n) is 26.8. The van der Waals surface area contributed by atoms with E-state index in [-0.39, 0.29) is 30.8 Å². The molecule has 242 valence electrons. The van der Waals surface area contributed by atoms with E-state index in [1.807, 2.05) is 51.1 Å². The predicted octanol–water partition coefficient (Wildman–Crippen LogP) is 5.09. The molecule has 47 heavy (non-hydrogen) atoms. The summed E-state index contributed by atoms with van der Waals surface area (Å²) in [7, 11) is 0. The van der Waals surface area contributed by atoms with Crippen molar-refractivity contribution < 1.29 is 18.7 Å². The number of ether oxygens (including phenoxy) is 1. The number of aromatic nitrogens is 4. The van der Waals surface area contributed by atoms with Crippen LogP contribution < -0.4 is 15.5 Å². The number of amides is 2. The van der Waals surface area contributed by atoms with E-state index in [1.165, 1.54) is 0 Å². The third-order valence-electron chi connectivity index (χ3n) is 10.2. The lowest BCUT2D eigenvalue weighted by atomic mass is 9.90. The third-order valence-corrected chi connectivity index (χ3v) is 10.2. The zero-order valence-corrected chi connectivity index (χ0v) is 26.8. The normalized spacial score (nSPS) is 22.6. The summed E-state index contributed by atoms with van der Waals surface area (Å²) in [5, 5.41) is 13.1. The maximum absolute atomic E-state index is 14.9. The number of aryl methyl sites for hydroxylation is 4. The molecule has 10 nitrogen and oxygen atoms in total. The average molecular weight is 636 g/mol. The van der Waals surface area contributed by atoms with Crippen LogP contribution in [0.15, 0.2) is 48.5 Å². The van der Waals surface area contributed by atoms with Gasteiger partial charge in [0, 0.05) is 40.7 Å². The number of nitrogens with zero attached hydrogens (tertiary/aromatic N) is 4. The number of hydrogen-bond acceptors (Lipinski definition) is 7. The second-order valence-corrected chi connectivity index (χ2v) is 13.5. The van der Waals surface area contributed by atoms with Gasteiger partial charge in [0.2, 0.25) is 11.9 Å². The van der Waals surface area contributed by atoms with E-state index >= 15 is 0 Å². The lowest BCUT2D eigenvalue weighted by Crippen LogP contribution is -2.50. The van der Waals surface area contributed by atoms with E-state index in [1.54, 1.807) is 0 Å². The van der Waals surface area contributed by atoms with Crippen LogP contribution in [0, 0.1) is 20.8 Å². The SMILES string of the molecule is Cc1cc(-c2ccc3c(c2)[C@H](C(NC(=O)C2(F)CC2)C(=O)Nc2ccc(-c4c(C)n[nH]c4C)cc2)CC3)nc(N2C[C@@H]3C[C@H]2CO3)n1. The van der Waals surface area contributed by atoms with Gasteiger partial charge in [-0.3, -0.25) is 14.7 Å². The molecular weight excluding hydrogens is 597 g/mol. The molecule has 2 amide bonds. The first kappa shape index (κ1) is 29.7. The molecule has 3 N–H and O–H groups in total. The van der Waals surface area contributed by atoms with Crippen LogP contribution in [0.1, 0.15) is 59.8 Å². The highest BCUT2D eigenvalue weighted by Crippen LogP contribution is 2.42. The highest BCUT2D eigenvalue weighted by molar-refractivity contribution is 6.00. The molecular formula is C36H38FN7O3. The highest BCUT2D eigenvalue weighted by Gasteiger charge is 2.52. The summed E-state index contributed by atoms with van der Waals surface area (Å²) in [6.45, 7) is 7.37. The number of nitrogens with one attached hydrogen (secondary N) is 3. The van der Waals surface area contributed by atoms with Crippen LogP contribution in [0.2, 0.25) is 0 Å². The molecule has 2 bridgehead atoms. The number of H-pyrrole nitrogens is 1. The minimum absolute atomic E-state index is 0.174. The smallest absolute Gasteiger partial charge is 0.258 e. The number of alkyl halides is 1. The Morgan fingerprint density at radius 2 is 1.85 bits per heavy atom. The van der Waals surface area contributed by atoms with Crippen molar-refractivity contribution in [3.63, 3.8) is 0 Å². The summed E-state index contributed by atoms with van der Waals surface area (Å²) < 4.78 is 20.7. The average Bonchev–Trinajstić information content (AvgIpc) is 3.46. The first-order valence-electron chi connectivity index (χ1n) is 16.4. The Labute approximate surface area is 272 Å². The number of anilines is 2. The molecule has 11 heteroatoms. The molecule has 2 aromatic heterocycles. The number of aromatic amines is 1. The second-order valence-electron chi connectivity index (χ2n) is 13.5. The van der Waals surface area contributed by atoms with E-state index in [9.17, 15) is 14.0 Å². The van der Waals surface area contributed by atoms with Crippen LogP contribution in [0.4, 0.5) is 16.0 Å². The van der Waals surface area contributed by atoms with Crippen molar-refractivity contribution in [2.45, 2.75) is 82.6 Å². The quantitative estimate of drug-likeness (QED) is 0.246. The topological polar surface area (TPSA) is 125 Å². The highest BCUT2D eigenvalue weighted by atomic mass is 19.1. The molecule has 2 aromatic carbocycles. The summed E-state index contributed by atoms with van der Waals surface area (Å²) in [6.07, 6.45) is 2.98. The Morgan fingerprint density at radius 1 is 1.06 bits per heavy atom. The van der Waals surface area contributed by atoms with Crippen molar-refractivity contribution in [2.75, 3.05) is 23.4 Å². The van der Waals surface area contributed by atoms with Crippen LogP contribution in [-0.2, 0) is 20.7 Å². The second kappa shape index (κ2) is 11.3. The standard InChI is InChI=1S/C36H38FN7O3/c1-19-14-30(40-35(38-19)44-17-27-16-26(44)18-47-27)24-5-4-22-8-11-28(29(22)15-24)32(41-34(46)36(37)12-13-36)33(45)39-25-9-6-23(7-10-25)31-20(2)42-43-21(31)3/h4-7,9-10,14-15,26-28,32H,8,11-13,16-18H2,1-3H3,(H,39,45)(H,41,46)(H,42,43)/t26-,27-,28+,32?/m0/s1. The van der Waals surface area contributed by atoms with Crippen LogP contribution in [0.25, 0.3) is 22.4 Å². The third kappa shape index (κ3) is 5.46. The lowest BCUT2D eigenvalue weighted by molar-refractivity contribution is -0.131. The summed E-state index contributed by atoms with van der Waals surface area (Å²) in [5.41, 5.74) is 7.23. The Morgan fingerprint density at radius 3 is 2.53 bits per heavy atom. The molecule has 1 unspecified atom stereocenters. The van der Waals surface area contributed by atoms with Crippen LogP contribution >= 0.6 is 0 Å². The number of carbonyl (C=O) groups excluding carboxylic acids is 2. The van der Waals surface area contributed by atoms with Gasteiger partial charge in [0.25, 0.3) is 5.91 Å². The molecule has 2 saturated heterocycles. The molecule has 4 heterocycles. The molecule has 0 radical (unpaired) electrons. The minimum atomic E-state index is -1.90. The maximum Gasteiger partial charge on any atom is 0.258 e. The van der Waals surface area contributed by atoms with Gasteiger partial charge in [0.1, 0.15) is 6.04 Å². The van der Waals surface area contributed by atoms with Gasteiger partial charge in [-0.2, -0.15) is 5.10 Å². The van der Waals surface area contributed by atoms with E-state index in [0.717, 1.165) is 70.0 Å². The van der Waals surface area contributed by atoms with Crippen LogP contribution in [0.5, 0.6) is 0 Å². The van der Waals surface area contributed by atoms with Gasteiger partial charge in [-0.15, -0.1) is 0 Å². The molecule has 2 aliphatic carbocycles. The number of benzene rings is 2. The summed E-state index contributed by atoms with van der Waals surface area (Å²) >= 11 is 0. The molecule has 1 saturated carbocycles. The first-order valence-corrected chi connectivity index (χ1v) is 16.4. The number of morpholine rings is 1. The largest absolute Gasteiger partial charge is 0.374 e. The fourth-order valence-electron chi connectivity index (χ4n) is 7.49. The van der Waals surface area contributed by atoms with E-state index in [4.69, 9.17) is 14.7 Å². The van der Waals surface area contributed by atoms with E-state index in [2.05, 4.69) is 43.9 Å². The zero-order chi connectivity index (χ0) is 32.4. The number of fused-ring (bicyclic) bond motifs is 3. The van der Waals surface area contributed by atoms with Crippen molar-refractivity contribution in [2.24, 2.45) is 0 Å². The maximum atomic E-state index is 14.9. The van der Waals surface area contributed by atoms with Gasteiger partial charge in [-0.25, -0.2) is 14.4 Å². The van der Waals surface area contributed by atoms with Crippen molar-refractivity contribution in [3.8, 4) is 22.4 Å². The van der Waals surface area contributed by atoms with E-state index in [0.29, 0.717) is 30.7 Å². The minimum Gasteiger partial charge on any atom is -0.374 e. The van der Waals surface area contributed by atoms with Gasteiger partial charge in [0.05, 0.1) is 30.1 Å². The van der Waals surface area contributed by atoms with Gasteiger partial charge < -0.3 is 20.3 Å². The van der Waals surface area contributed by atoms with Gasteiger partial charge in [-0.05, 0) is 93.8 Å². The number of hydrogen-bond donors (Lipinski definition) is 3. The molecule has 4 aromatic rings. The molecule has 8 rings (SSSR count). The molecule has 0 spiro atoms. The van der Waals surface area contributed by atoms with Gasteiger partial charge in [-0.1, -0.05) is 24.3 Å².